The molecule has 1 unspecified atom stereocenters. The minimum atomic E-state index is -0.859. The Balaban J connectivity index is 1.89. The molecule has 3 aromatic rings. The number of likely N-dealkylation sites (tertiary alicyclic amines) is 1. The number of H-pyrrole nitrogens is 1. The summed E-state index contributed by atoms with van der Waals surface area (Å²) in [7, 11) is 3.03. The SMILES string of the molecule is COc1ccc(C2C(=C([O-])c3ccccc3)C(=O)C(=O)N2Cc2ccc[nH+]c2)cc1OC. The summed E-state index contributed by atoms with van der Waals surface area (Å²) in [6.45, 7) is 0.159. The molecule has 1 saturated heterocycles. The molecule has 2 heterocycles. The lowest BCUT2D eigenvalue weighted by Gasteiger charge is -2.27. The number of rotatable bonds is 6. The molecule has 162 valence electrons. The van der Waals surface area contributed by atoms with E-state index < -0.39 is 23.5 Å². The predicted molar refractivity (Wildman–Crippen MR) is 114 cm³/mol. The summed E-state index contributed by atoms with van der Waals surface area (Å²) in [6.07, 6.45) is 3.50. The highest BCUT2D eigenvalue weighted by atomic mass is 16.5. The van der Waals surface area contributed by atoms with Crippen molar-refractivity contribution in [3.05, 3.63) is 95.3 Å². The van der Waals surface area contributed by atoms with Crippen molar-refractivity contribution in [2.45, 2.75) is 12.6 Å². The maximum absolute atomic E-state index is 13.4. The fourth-order valence-electron chi connectivity index (χ4n) is 3.87. The lowest BCUT2D eigenvalue weighted by molar-refractivity contribution is -0.378. The Morgan fingerprint density at radius 2 is 1.75 bits per heavy atom. The van der Waals surface area contributed by atoms with Gasteiger partial charge in [-0.3, -0.25) is 9.59 Å². The van der Waals surface area contributed by atoms with Crippen LogP contribution in [0.2, 0.25) is 0 Å². The van der Waals surface area contributed by atoms with Crippen molar-refractivity contribution in [2.75, 3.05) is 14.2 Å². The van der Waals surface area contributed by atoms with Crippen molar-refractivity contribution in [2.24, 2.45) is 0 Å². The van der Waals surface area contributed by atoms with Crippen LogP contribution in [0.1, 0.15) is 22.7 Å². The van der Waals surface area contributed by atoms with Crippen molar-refractivity contribution in [3.8, 4) is 11.5 Å². The Morgan fingerprint density at radius 3 is 2.41 bits per heavy atom. The number of carbonyl (C=O) groups excluding carboxylic acids is 2. The van der Waals surface area contributed by atoms with Crippen LogP contribution in [-0.4, -0.2) is 30.8 Å². The van der Waals surface area contributed by atoms with Gasteiger partial charge in [0.15, 0.2) is 23.9 Å². The number of nitrogens with one attached hydrogen (secondary N) is 1. The molecule has 0 spiro atoms. The smallest absolute Gasteiger partial charge is 0.295 e. The molecule has 1 fully saturated rings. The van der Waals surface area contributed by atoms with Gasteiger partial charge in [-0.1, -0.05) is 42.2 Å². The van der Waals surface area contributed by atoms with Crippen LogP contribution in [0.5, 0.6) is 11.5 Å². The average molecular weight is 430 g/mol. The quantitative estimate of drug-likeness (QED) is 0.339. The van der Waals surface area contributed by atoms with E-state index >= 15 is 0 Å². The molecule has 1 amide bonds. The van der Waals surface area contributed by atoms with Crippen molar-refractivity contribution >= 4 is 17.4 Å². The Kier molecular flexibility index (Phi) is 5.89. The maximum atomic E-state index is 13.4. The molecule has 1 aromatic heterocycles. The Hall–Kier alpha value is -4.13. The molecular formula is C25H22N2O5. The number of aromatic amines is 1. The molecule has 1 atom stereocenters. The van der Waals surface area contributed by atoms with Gasteiger partial charge in [0.2, 0.25) is 5.78 Å². The maximum Gasteiger partial charge on any atom is 0.295 e. The van der Waals surface area contributed by atoms with E-state index in [0.29, 0.717) is 22.6 Å². The number of nitrogens with zero attached hydrogens (tertiary/aromatic N) is 1. The highest BCUT2D eigenvalue weighted by molar-refractivity contribution is 6.46. The van der Waals surface area contributed by atoms with Crippen molar-refractivity contribution in [1.29, 1.82) is 0 Å². The Morgan fingerprint density at radius 1 is 1.00 bits per heavy atom. The van der Waals surface area contributed by atoms with Gasteiger partial charge in [-0.05, 0) is 29.3 Å². The second-order valence-corrected chi connectivity index (χ2v) is 7.30. The fourth-order valence-corrected chi connectivity index (χ4v) is 3.87. The van der Waals surface area contributed by atoms with Crippen LogP contribution in [-0.2, 0) is 16.1 Å². The minimum Gasteiger partial charge on any atom is -0.872 e. The van der Waals surface area contributed by atoms with E-state index in [2.05, 4.69) is 4.98 Å². The van der Waals surface area contributed by atoms with Gasteiger partial charge in [-0.25, -0.2) is 4.98 Å². The van der Waals surface area contributed by atoms with E-state index in [1.165, 1.54) is 19.1 Å². The number of aromatic nitrogens is 1. The van der Waals surface area contributed by atoms with Crippen LogP contribution in [0.4, 0.5) is 0 Å². The normalized spacial score (nSPS) is 17.4. The number of ether oxygens (including phenoxy) is 2. The van der Waals surface area contributed by atoms with Crippen molar-refractivity contribution in [3.63, 3.8) is 0 Å². The van der Waals surface area contributed by atoms with E-state index in [-0.39, 0.29) is 12.1 Å². The third kappa shape index (κ3) is 3.80. The first kappa shape index (κ1) is 21.1. The second kappa shape index (κ2) is 8.93. The highest BCUT2D eigenvalue weighted by Crippen LogP contribution is 2.42. The number of ketones is 1. The number of carbonyl (C=O) groups is 2. The van der Waals surface area contributed by atoms with E-state index in [9.17, 15) is 14.7 Å². The van der Waals surface area contributed by atoms with E-state index in [4.69, 9.17) is 9.47 Å². The van der Waals surface area contributed by atoms with E-state index in [0.717, 1.165) is 5.56 Å². The second-order valence-electron chi connectivity index (χ2n) is 7.30. The molecule has 0 bridgehead atoms. The molecule has 0 saturated carbocycles. The largest absolute Gasteiger partial charge is 0.872 e. The van der Waals surface area contributed by atoms with Crippen LogP contribution in [0.3, 0.4) is 0 Å². The molecule has 1 aliphatic rings. The number of hydrogen-bond acceptors (Lipinski definition) is 5. The van der Waals surface area contributed by atoms with E-state index in [1.54, 1.807) is 60.9 Å². The number of Topliss-reactive ketones (excluding diaryl/α,β-unsaturated/α-hetero) is 1. The van der Waals surface area contributed by atoms with E-state index in [1.807, 2.05) is 12.1 Å². The Bertz CT molecular complexity index is 1180. The van der Waals surface area contributed by atoms with Gasteiger partial charge in [0.1, 0.15) is 0 Å². The van der Waals surface area contributed by atoms with Crippen LogP contribution in [0.15, 0.2) is 78.6 Å². The lowest BCUT2D eigenvalue weighted by Crippen LogP contribution is -2.29. The molecule has 0 aliphatic carbocycles. The minimum absolute atomic E-state index is 0.0756. The molecule has 1 N–H and O–H groups in total. The van der Waals surface area contributed by atoms with Gasteiger partial charge in [0.25, 0.3) is 5.91 Å². The molecule has 0 radical (unpaired) electrons. The standard InChI is InChI=1S/C25H22N2O5/c1-31-19-11-10-18(13-20(19)32-2)22-21(23(28)17-8-4-3-5-9-17)24(29)25(30)27(22)15-16-7-6-12-26-14-16/h3-14,22,28H,15H2,1-2H3. The van der Waals surface area contributed by atoms with Crippen molar-refractivity contribution in [1.82, 2.24) is 4.90 Å². The molecule has 1 aliphatic heterocycles. The first-order chi connectivity index (χ1) is 15.5. The van der Waals surface area contributed by atoms with Gasteiger partial charge in [-0.2, -0.15) is 0 Å². The molecule has 7 heteroatoms. The van der Waals surface area contributed by atoms with Crippen LogP contribution >= 0.6 is 0 Å². The first-order valence-corrected chi connectivity index (χ1v) is 10.0. The summed E-state index contributed by atoms with van der Waals surface area (Å²) in [5, 5.41) is 13.4. The summed E-state index contributed by atoms with van der Waals surface area (Å²) in [4.78, 5) is 30.5. The number of hydrogen-bond donors (Lipinski definition) is 0. The predicted octanol–water partition coefficient (Wildman–Crippen LogP) is 1.94. The summed E-state index contributed by atoms with van der Waals surface area (Å²) >= 11 is 0. The molecule has 7 nitrogen and oxygen atoms in total. The third-order valence-electron chi connectivity index (χ3n) is 5.41. The number of amides is 1. The fraction of sp³-hybridized carbons (Fsp3) is 0.160. The summed E-state index contributed by atoms with van der Waals surface area (Å²) < 4.78 is 10.7. The van der Waals surface area contributed by atoms with Gasteiger partial charge in [0, 0.05) is 17.2 Å². The van der Waals surface area contributed by atoms with Gasteiger partial charge >= 0.3 is 0 Å². The molecule has 4 rings (SSSR count). The molecule has 2 aromatic carbocycles. The molecular weight excluding hydrogens is 408 g/mol. The monoisotopic (exact) mass is 430 g/mol. The van der Waals surface area contributed by atoms with Gasteiger partial charge in [-0.15, -0.1) is 0 Å². The zero-order valence-electron chi connectivity index (χ0n) is 17.7. The topological polar surface area (TPSA) is 93.0 Å². The van der Waals surface area contributed by atoms with Crippen LogP contribution < -0.4 is 19.6 Å². The van der Waals surface area contributed by atoms with Gasteiger partial charge in [0.05, 0.1) is 26.8 Å². The molecule has 32 heavy (non-hydrogen) atoms. The third-order valence-corrected chi connectivity index (χ3v) is 5.41. The van der Waals surface area contributed by atoms with Crippen molar-refractivity contribution < 1.29 is 29.2 Å². The Labute approximate surface area is 185 Å². The van der Waals surface area contributed by atoms with Crippen LogP contribution in [0, 0.1) is 0 Å². The number of benzene rings is 2. The zero-order chi connectivity index (χ0) is 22.7. The summed E-state index contributed by atoms with van der Waals surface area (Å²) in [6, 6.07) is 16.4. The lowest BCUT2D eigenvalue weighted by atomic mass is 9.95. The number of methoxy groups -OCH3 is 2. The summed E-state index contributed by atoms with van der Waals surface area (Å²) in [5.41, 5.74) is 1.66. The number of pyridine rings is 1. The summed E-state index contributed by atoms with van der Waals surface area (Å²) in [5.74, 6) is -1.03. The van der Waals surface area contributed by atoms with Crippen LogP contribution in [0.25, 0.3) is 5.76 Å². The first-order valence-electron chi connectivity index (χ1n) is 10.0. The van der Waals surface area contributed by atoms with Gasteiger partial charge < -0.3 is 19.5 Å². The zero-order valence-corrected chi connectivity index (χ0v) is 17.7. The average Bonchev–Trinajstić information content (AvgIpc) is 3.09. The highest BCUT2D eigenvalue weighted by Gasteiger charge is 2.44.